The second-order valence-corrected chi connectivity index (χ2v) is 10.3. The molecular formula is C27H34N6O4. The molecule has 3 aliphatic rings. The summed E-state index contributed by atoms with van der Waals surface area (Å²) in [6.07, 6.45) is 8.11. The fraction of sp³-hybridized carbons (Fsp3) is 0.556. The first kappa shape index (κ1) is 25.1. The Morgan fingerprint density at radius 2 is 1.95 bits per heavy atom. The van der Waals surface area contributed by atoms with Gasteiger partial charge >= 0.3 is 5.97 Å². The SMILES string of the molecule is CCOC(=O)[C@@]12C[C@@H]1/C=C\CCCCN(C)C(=O)[C@@H]1C[C@H](n3nnc(-c4ccccc4)n3)C[C@H]1C(=O)N2. The molecule has 1 N–H and O–H groups in total. The van der Waals surface area contributed by atoms with Gasteiger partial charge in [-0.25, -0.2) is 4.79 Å². The summed E-state index contributed by atoms with van der Waals surface area (Å²) >= 11 is 0. The molecule has 2 saturated carbocycles. The van der Waals surface area contributed by atoms with E-state index in [9.17, 15) is 14.4 Å². The first-order valence-corrected chi connectivity index (χ1v) is 13.2. The number of hydrogen-bond acceptors (Lipinski definition) is 7. The molecule has 1 aromatic heterocycles. The van der Waals surface area contributed by atoms with Crippen molar-refractivity contribution in [2.24, 2.45) is 17.8 Å². The maximum atomic E-state index is 13.7. The maximum absolute atomic E-state index is 13.7. The second kappa shape index (κ2) is 10.4. The Hall–Kier alpha value is -3.56. The first-order valence-electron chi connectivity index (χ1n) is 13.2. The average Bonchev–Trinajstić information content (AvgIpc) is 3.24. The average molecular weight is 507 g/mol. The number of tetrazole rings is 1. The number of amides is 2. The minimum absolute atomic E-state index is 0.0591. The molecule has 37 heavy (non-hydrogen) atoms. The minimum atomic E-state index is -1.06. The second-order valence-electron chi connectivity index (χ2n) is 10.3. The summed E-state index contributed by atoms with van der Waals surface area (Å²) in [4.78, 5) is 43.4. The van der Waals surface area contributed by atoms with E-state index in [1.165, 1.54) is 4.80 Å². The fourth-order valence-corrected chi connectivity index (χ4v) is 5.63. The van der Waals surface area contributed by atoms with Crippen LogP contribution in [0, 0.1) is 17.8 Å². The van der Waals surface area contributed by atoms with Crippen molar-refractivity contribution in [3.05, 3.63) is 42.5 Å². The van der Waals surface area contributed by atoms with Crippen molar-refractivity contribution >= 4 is 17.8 Å². The topological polar surface area (TPSA) is 119 Å². The van der Waals surface area contributed by atoms with Gasteiger partial charge in [-0.05, 0) is 50.7 Å². The molecular weight excluding hydrogens is 472 g/mol. The highest BCUT2D eigenvalue weighted by Crippen LogP contribution is 2.47. The maximum Gasteiger partial charge on any atom is 0.332 e. The van der Waals surface area contributed by atoms with Gasteiger partial charge in [-0.2, -0.15) is 4.80 Å². The van der Waals surface area contributed by atoms with Gasteiger partial charge in [-0.1, -0.05) is 42.5 Å². The molecule has 2 heterocycles. The quantitative estimate of drug-likeness (QED) is 0.500. The third-order valence-corrected chi connectivity index (χ3v) is 7.84. The van der Waals surface area contributed by atoms with E-state index in [1.54, 1.807) is 18.9 Å². The molecule has 0 spiro atoms. The third-order valence-electron chi connectivity index (χ3n) is 7.84. The highest BCUT2D eigenvalue weighted by Gasteiger charge is 2.62. The molecule has 0 bridgehead atoms. The van der Waals surface area contributed by atoms with Crippen LogP contribution in [0.25, 0.3) is 11.4 Å². The van der Waals surface area contributed by atoms with E-state index in [-0.39, 0.29) is 30.4 Å². The lowest BCUT2D eigenvalue weighted by molar-refractivity contribution is -0.150. The zero-order valence-electron chi connectivity index (χ0n) is 21.4. The van der Waals surface area contributed by atoms with Crippen LogP contribution in [0.15, 0.2) is 42.5 Å². The Bertz CT molecular complexity index is 1180. The van der Waals surface area contributed by atoms with Gasteiger partial charge in [-0.3, -0.25) is 9.59 Å². The number of allylic oxidation sites excluding steroid dienone is 1. The van der Waals surface area contributed by atoms with Gasteiger partial charge in [0.05, 0.1) is 24.5 Å². The van der Waals surface area contributed by atoms with Gasteiger partial charge in [0.1, 0.15) is 5.54 Å². The molecule has 10 heteroatoms. The van der Waals surface area contributed by atoms with E-state index in [1.807, 2.05) is 36.4 Å². The molecule has 10 nitrogen and oxygen atoms in total. The van der Waals surface area contributed by atoms with Crippen molar-refractivity contribution in [2.45, 2.75) is 57.0 Å². The largest absolute Gasteiger partial charge is 0.464 e. The van der Waals surface area contributed by atoms with Crippen LogP contribution in [0.5, 0.6) is 0 Å². The summed E-state index contributed by atoms with van der Waals surface area (Å²) in [5, 5.41) is 16.1. The number of hydrogen-bond donors (Lipinski definition) is 1. The molecule has 1 aromatic carbocycles. The molecule has 5 atom stereocenters. The molecule has 2 fully saturated rings. The molecule has 2 aliphatic carbocycles. The van der Waals surface area contributed by atoms with E-state index < -0.39 is 23.3 Å². The number of carbonyl (C=O) groups is 3. The minimum Gasteiger partial charge on any atom is -0.464 e. The highest BCUT2D eigenvalue weighted by molar-refractivity contribution is 5.95. The summed E-state index contributed by atoms with van der Waals surface area (Å²) in [7, 11) is 1.80. The van der Waals surface area contributed by atoms with E-state index in [2.05, 4.69) is 26.8 Å². The molecule has 5 rings (SSSR count). The number of benzene rings is 1. The first-order chi connectivity index (χ1) is 17.9. The zero-order chi connectivity index (χ0) is 26.0. The Morgan fingerprint density at radius 3 is 2.73 bits per heavy atom. The predicted molar refractivity (Wildman–Crippen MR) is 135 cm³/mol. The Kier molecular flexibility index (Phi) is 7.08. The Balaban J connectivity index is 1.42. The monoisotopic (exact) mass is 506 g/mol. The van der Waals surface area contributed by atoms with Crippen LogP contribution >= 0.6 is 0 Å². The highest BCUT2D eigenvalue weighted by atomic mass is 16.5. The van der Waals surface area contributed by atoms with Crippen LogP contribution in [0.4, 0.5) is 0 Å². The number of carbonyl (C=O) groups excluding carboxylic acids is 3. The van der Waals surface area contributed by atoms with Gasteiger partial charge in [0.15, 0.2) is 0 Å². The number of rotatable bonds is 4. The molecule has 0 unspecified atom stereocenters. The molecule has 0 radical (unpaired) electrons. The van der Waals surface area contributed by atoms with E-state index in [4.69, 9.17) is 4.74 Å². The predicted octanol–water partition coefficient (Wildman–Crippen LogP) is 2.54. The van der Waals surface area contributed by atoms with Crippen LogP contribution in [-0.4, -0.2) is 68.6 Å². The fourth-order valence-electron chi connectivity index (χ4n) is 5.63. The van der Waals surface area contributed by atoms with E-state index in [0.717, 1.165) is 24.8 Å². The summed E-state index contributed by atoms with van der Waals surface area (Å²) < 4.78 is 5.33. The van der Waals surface area contributed by atoms with Gasteiger partial charge in [-0.15, -0.1) is 10.2 Å². The number of ether oxygens (including phenoxy) is 1. The number of nitrogens with one attached hydrogen (secondary N) is 1. The Morgan fingerprint density at radius 1 is 1.16 bits per heavy atom. The summed E-state index contributed by atoms with van der Waals surface area (Å²) in [6, 6.07) is 9.31. The number of esters is 1. The van der Waals surface area contributed by atoms with E-state index in [0.29, 0.717) is 31.6 Å². The van der Waals surface area contributed by atoms with Gasteiger partial charge in [0, 0.05) is 25.1 Å². The van der Waals surface area contributed by atoms with Crippen molar-refractivity contribution in [3.8, 4) is 11.4 Å². The van der Waals surface area contributed by atoms with Gasteiger partial charge in [0.25, 0.3) is 0 Å². The molecule has 196 valence electrons. The van der Waals surface area contributed by atoms with Gasteiger partial charge in [0.2, 0.25) is 17.6 Å². The molecule has 0 saturated heterocycles. The number of fused-ring (bicyclic) bond motifs is 2. The zero-order valence-corrected chi connectivity index (χ0v) is 21.4. The van der Waals surface area contributed by atoms with Crippen molar-refractivity contribution < 1.29 is 19.1 Å². The standard InChI is InChI=1S/C27H34N6O4/c1-3-37-26(36)27-17-19(27)13-9-4-5-10-14-32(2)25(35)22-16-20(15-21(22)24(34)28-27)33-30-23(29-31-33)18-11-7-6-8-12-18/h6-9,11-13,19-22H,3-5,10,14-17H2,1-2H3,(H,28,34)/b13-9-/t19-,20+,21+,22+,27+/m0/s1. The van der Waals surface area contributed by atoms with E-state index >= 15 is 0 Å². The van der Waals surface area contributed by atoms with Crippen LogP contribution in [0.2, 0.25) is 0 Å². The molecule has 1 aliphatic heterocycles. The van der Waals surface area contributed by atoms with Gasteiger partial charge < -0.3 is 15.0 Å². The normalized spacial score (nSPS) is 31.0. The summed E-state index contributed by atoms with van der Waals surface area (Å²) in [6.45, 7) is 2.64. The lowest BCUT2D eigenvalue weighted by Gasteiger charge is -2.26. The van der Waals surface area contributed by atoms with Crippen molar-refractivity contribution in [1.82, 2.24) is 30.4 Å². The summed E-state index contributed by atoms with van der Waals surface area (Å²) in [5.41, 5.74) is -0.208. The third kappa shape index (κ3) is 5.01. The van der Waals surface area contributed by atoms with Crippen molar-refractivity contribution in [1.29, 1.82) is 0 Å². The number of aromatic nitrogens is 4. The molecule has 2 amide bonds. The van der Waals surface area contributed by atoms with Crippen LogP contribution < -0.4 is 5.32 Å². The lowest BCUT2D eigenvalue weighted by atomic mass is 9.93. The lowest BCUT2D eigenvalue weighted by Crippen LogP contribution is -2.50. The van der Waals surface area contributed by atoms with Crippen molar-refractivity contribution in [3.63, 3.8) is 0 Å². The molecule has 2 aromatic rings. The number of nitrogens with zero attached hydrogens (tertiary/aromatic N) is 5. The smallest absolute Gasteiger partial charge is 0.332 e. The van der Waals surface area contributed by atoms with Crippen LogP contribution in [-0.2, 0) is 19.1 Å². The van der Waals surface area contributed by atoms with Crippen LogP contribution in [0.3, 0.4) is 0 Å². The Labute approximate surface area is 216 Å². The summed E-state index contributed by atoms with van der Waals surface area (Å²) in [5.74, 6) is -1.50. The van der Waals surface area contributed by atoms with Crippen LogP contribution in [0.1, 0.15) is 51.5 Å². The van der Waals surface area contributed by atoms with Crippen molar-refractivity contribution in [2.75, 3.05) is 20.2 Å².